The van der Waals surface area contributed by atoms with E-state index in [2.05, 4.69) is 12.2 Å². The third kappa shape index (κ3) is 3.93. The van der Waals surface area contributed by atoms with Crippen LogP contribution < -0.4 is 5.32 Å². The smallest absolute Gasteiger partial charge is 0.326 e. The normalized spacial score (nSPS) is 21.6. The highest BCUT2D eigenvalue weighted by Crippen LogP contribution is 2.45. The van der Waals surface area contributed by atoms with E-state index in [4.69, 9.17) is 0 Å². The lowest BCUT2D eigenvalue weighted by Gasteiger charge is -2.27. The standard InChI is InChI=1S/C22H22F3NOS/c1-13-6-8-14(9-7-13)21(27)26-18-11-16(22(23,24)25)12-20-17(18)10-15-4-2-3-5-19(15)28-20/h2-5,11-14H,6-10H2,1H3,(H,26,27). The molecule has 1 N–H and O–H groups in total. The molecule has 0 saturated heterocycles. The summed E-state index contributed by atoms with van der Waals surface area (Å²) in [4.78, 5) is 14.3. The van der Waals surface area contributed by atoms with Gasteiger partial charge in [-0.1, -0.05) is 36.9 Å². The fraction of sp³-hybridized carbons (Fsp3) is 0.409. The molecule has 1 aliphatic carbocycles. The van der Waals surface area contributed by atoms with E-state index in [1.54, 1.807) is 0 Å². The third-order valence-electron chi connectivity index (χ3n) is 5.74. The van der Waals surface area contributed by atoms with Crippen LogP contribution in [0.2, 0.25) is 0 Å². The van der Waals surface area contributed by atoms with Gasteiger partial charge in [0.2, 0.25) is 5.91 Å². The monoisotopic (exact) mass is 405 g/mol. The van der Waals surface area contributed by atoms with Crippen LogP contribution >= 0.6 is 11.8 Å². The fourth-order valence-corrected chi connectivity index (χ4v) is 5.16. The van der Waals surface area contributed by atoms with E-state index in [0.717, 1.165) is 47.8 Å². The van der Waals surface area contributed by atoms with Crippen molar-refractivity contribution in [3.8, 4) is 0 Å². The van der Waals surface area contributed by atoms with Crippen LogP contribution in [0.25, 0.3) is 0 Å². The number of fused-ring (bicyclic) bond motifs is 2. The molecule has 0 atom stereocenters. The summed E-state index contributed by atoms with van der Waals surface area (Å²) in [6, 6.07) is 10.0. The van der Waals surface area contributed by atoms with E-state index in [9.17, 15) is 18.0 Å². The summed E-state index contributed by atoms with van der Waals surface area (Å²) in [5, 5.41) is 2.85. The average Bonchev–Trinajstić information content (AvgIpc) is 2.66. The van der Waals surface area contributed by atoms with Crippen LogP contribution in [0.4, 0.5) is 18.9 Å². The van der Waals surface area contributed by atoms with Crippen LogP contribution in [0.5, 0.6) is 0 Å². The number of hydrogen-bond donors (Lipinski definition) is 1. The number of carbonyl (C=O) groups is 1. The van der Waals surface area contributed by atoms with Gasteiger partial charge in [-0.25, -0.2) is 0 Å². The summed E-state index contributed by atoms with van der Waals surface area (Å²) in [6.07, 6.45) is -0.359. The summed E-state index contributed by atoms with van der Waals surface area (Å²) < 4.78 is 40.3. The Labute approximate surface area is 166 Å². The molecule has 1 amide bonds. The molecule has 2 aliphatic rings. The lowest BCUT2D eigenvalue weighted by atomic mass is 9.82. The van der Waals surface area contributed by atoms with Gasteiger partial charge in [0.25, 0.3) is 0 Å². The summed E-state index contributed by atoms with van der Waals surface area (Å²) >= 11 is 1.34. The van der Waals surface area contributed by atoms with Gasteiger partial charge in [-0.05, 0) is 60.9 Å². The molecule has 0 radical (unpaired) electrons. The van der Waals surface area contributed by atoms with Crippen LogP contribution in [0.1, 0.15) is 49.3 Å². The minimum atomic E-state index is -4.45. The van der Waals surface area contributed by atoms with Crippen molar-refractivity contribution in [2.75, 3.05) is 5.32 Å². The Morgan fingerprint density at radius 2 is 1.79 bits per heavy atom. The minimum Gasteiger partial charge on any atom is -0.326 e. The van der Waals surface area contributed by atoms with Gasteiger partial charge in [0, 0.05) is 27.8 Å². The molecule has 0 unspecified atom stereocenters. The second-order valence-corrected chi connectivity index (χ2v) is 8.91. The number of nitrogens with one attached hydrogen (secondary N) is 1. The van der Waals surface area contributed by atoms with Gasteiger partial charge in [0.15, 0.2) is 0 Å². The summed E-state index contributed by atoms with van der Waals surface area (Å²) in [5.74, 6) is 0.334. The topological polar surface area (TPSA) is 29.1 Å². The number of hydrogen-bond acceptors (Lipinski definition) is 2. The molecule has 0 bridgehead atoms. The summed E-state index contributed by atoms with van der Waals surface area (Å²) in [6.45, 7) is 2.17. The predicted octanol–water partition coefficient (Wildman–Crippen LogP) is 6.53. The largest absolute Gasteiger partial charge is 0.416 e. The first-order valence-corrected chi connectivity index (χ1v) is 10.4. The zero-order valence-corrected chi connectivity index (χ0v) is 16.4. The maximum Gasteiger partial charge on any atom is 0.416 e. The Balaban J connectivity index is 1.67. The van der Waals surface area contributed by atoms with E-state index < -0.39 is 11.7 Å². The highest BCUT2D eigenvalue weighted by Gasteiger charge is 2.34. The first-order chi connectivity index (χ1) is 13.3. The van der Waals surface area contributed by atoms with Crippen molar-refractivity contribution in [2.45, 2.75) is 55.0 Å². The van der Waals surface area contributed by atoms with Crippen molar-refractivity contribution in [1.29, 1.82) is 0 Å². The van der Waals surface area contributed by atoms with E-state index in [0.29, 0.717) is 22.9 Å². The number of carbonyl (C=O) groups excluding carboxylic acids is 1. The molecule has 28 heavy (non-hydrogen) atoms. The van der Waals surface area contributed by atoms with Gasteiger partial charge in [0.1, 0.15) is 0 Å². The lowest BCUT2D eigenvalue weighted by molar-refractivity contribution is -0.137. The van der Waals surface area contributed by atoms with Crippen LogP contribution in [0.15, 0.2) is 46.2 Å². The molecule has 1 aliphatic heterocycles. The highest BCUT2D eigenvalue weighted by molar-refractivity contribution is 7.99. The van der Waals surface area contributed by atoms with E-state index in [1.165, 1.54) is 17.8 Å². The molecular formula is C22H22F3NOS. The second-order valence-electron chi connectivity index (χ2n) is 7.83. The van der Waals surface area contributed by atoms with Gasteiger partial charge < -0.3 is 5.32 Å². The molecule has 0 aromatic heterocycles. The quantitative estimate of drug-likeness (QED) is 0.525. The molecule has 4 rings (SSSR count). The van der Waals surface area contributed by atoms with Gasteiger partial charge in [-0.3, -0.25) is 4.79 Å². The number of rotatable bonds is 2. The van der Waals surface area contributed by atoms with Crippen LogP contribution in [-0.4, -0.2) is 5.91 Å². The molecule has 2 aromatic rings. The predicted molar refractivity (Wildman–Crippen MR) is 105 cm³/mol. The zero-order chi connectivity index (χ0) is 19.9. The van der Waals surface area contributed by atoms with Crippen molar-refractivity contribution in [3.05, 3.63) is 53.1 Å². The molecule has 2 nitrogen and oxygen atoms in total. The number of alkyl halides is 3. The van der Waals surface area contributed by atoms with Gasteiger partial charge in [-0.2, -0.15) is 13.2 Å². The second kappa shape index (κ2) is 7.47. The van der Waals surface area contributed by atoms with E-state index in [-0.39, 0.29) is 11.8 Å². The SMILES string of the molecule is CC1CCC(C(=O)Nc2cc(C(F)(F)F)cc3c2Cc2ccccc2S3)CC1. The molecule has 148 valence electrons. The van der Waals surface area contributed by atoms with Crippen molar-refractivity contribution in [2.24, 2.45) is 11.8 Å². The van der Waals surface area contributed by atoms with Crippen molar-refractivity contribution >= 4 is 23.4 Å². The van der Waals surface area contributed by atoms with Crippen molar-refractivity contribution < 1.29 is 18.0 Å². The number of halogens is 3. The van der Waals surface area contributed by atoms with E-state index in [1.807, 2.05) is 24.3 Å². The average molecular weight is 405 g/mol. The molecule has 1 fully saturated rings. The maximum absolute atomic E-state index is 13.4. The number of amides is 1. The Kier molecular flexibility index (Phi) is 5.17. The zero-order valence-electron chi connectivity index (χ0n) is 15.6. The number of anilines is 1. The first kappa shape index (κ1) is 19.4. The fourth-order valence-electron chi connectivity index (χ4n) is 4.01. The van der Waals surface area contributed by atoms with Gasteiger partial charge in [-0.15, -0.1) is 0 Å². The van der Waals surface area contributed by atoms with Gasteiger partial charge >= 0.3 is 6.18 Å². The van der Waals surface area contributed by atoms with Crippen molar-refractivity contribution in [1.82, 2.24) is 0 Å². The van der Waals surface area contributed by atoms with Crippen molar-refractivity contribution in [3.63, 3.8) is 0 Å². The third-order valence-corrected chi connectivity index (χ3v) is 6.94. The summed E-state index contributed by atoms with van der Waals surface area (Å²) in [7, 11) is 0. The Morgan fingerprint density at radius 3 is 2.50 bits per heavy atom. The highest BCUT2D eigenvalue weighted by atomic mass is 32.2. The Bertz CT molecular complexity index is 901. The number of benzene rings is 2. The van der Waals surface area contributed by atoms with Crippen LogP contribution in [0.3, 0.4) is 0 Å². The molecular weight excluding hydrogens is 383 g/mol. The Hall–Kier alpha value is -1.95. The molecule has 1 heterocycles. The lowest BCUT2D eigenvalue weighted by Crippen LogP contribution is -2.27. The molecule has 6 heteroatoms. The van der Waals surface area contributed by atoms with Gasteiger partial charge in [0.05, 0.1) is 5.56 Å². The maximum atomic E-state index is 13.4. The first-order valence-electron chi connectivity index (χ1n) is 9.62. The van der Waals surface area contributed by atoms with Crippen LogP contribution in [0, 0.1) is 11.8 Å². The van der Waals surface area contributed by atoms with Crippen LogP contribution in [-0.2, 0) is 17.4 Å². The molecule has 0 spiro atoms. The summed E-state index contributed by atoms with van der Waals surface area (Å²) in [5.41, 5.74) is 1.43. The van der Waals surface area contributed by atoms with E-state index >= 15 is 0 Å². The minimum absolute atomic E-state index is 0.120. The molecule has 1 saturated carbocycles. The Morgan fingerprint density at radius 1 is 1.07 bits per heavy atom. The molecule has 2 aromatic carbocycles.